The van der Waals surface area contributed by atoms with Gasteiger partial charge in [-0.1, -0.05) is 48.5 Å². The molecule has 0 heterocycles. The number of methoxy groups -OCH3 is 1. The van der Waals surface area contributed by atoms with Gasteiger partial charge in [0.2, 0.25) is 5.91 Å². The molecule has 0 saturated carbocycles. The van der Waals surface area contributed by atoms with Crippen molar-refractivity contribution in [2.75, 3.05) is 12.9 Å². The van der Waals surface area contributed by atoms with Gasteiger partial charge in [-0.25, -0.2) is 4.79 Å². The summed E-state index contributed by atoms with van der Waals surface area (Å²) in [6.45, 7) is 0. The van der Waals surface area contributed by atoms with E-state index in [2.05, 4.69) is 5.32 Å². The predicted molar refractivity (Wildman–Crippen MR) is 101 cm³/mol. The number of nitrogens with one attached hydrogen (secondary N) is 1. The molecule has 1 amide bonds. The molecule has 138 valence electrons. The average molecular weight is 373 g/mol. The monoisotopic (exact) mass is 373 g/mol. The van der Waals surface area contributed by atoms with E-state index in [4.69, 9.17) is 4.74 Å². The summed E-state index contributed by atoms with van der Waals surface area (Å²) in [5.41, 5.74) is 1.06. The fourth-order valence-corrected chi connectivity index (χ4v) is 3.62. The summed E-state index contributed by atoms with van der Waals surface area (Å²) in [7, 11) is 0.0475. The molecule has 5 nitrogen and oxygen atoms in total. The first kappa shape index (κ1) is 19.8. The Hall–Kier alpha value is -2.47. The van der Waals surface area contributed by atoms with Gasteiger partial charge in [-0.15, -0.1) is 0 Å². The lowest BCUT2D eigenvalue weighted by Crippen LogP contribution is -2.42. The molecule has 1 N–H and O–H groups in total. The van der Waals surface area contributed by atoms with Crippen molar-refractivity contribution in [3.63, 3.8) is 0 Å². The Morgan fingerprint density at radius 1 is 1.04 bits per heavy atom. The molecule has 0 aliphatic heterocycles. The van der Waals surface area contributed by atoms with E-state index < -0.39 is 22.8 Å². The summed E-state index contributed by atoms with van der Waals surface area (Å²) in [5.74, 6) is -0.485. The van der Waals surface area contributed by atoms with Crippen LogP contribution < -0.4 is 5.32 Å². The van der Waals surface area contributed by atoms with Crippen molar-refractivity contribution < 1.29 is 18.5 Å². The topological polar surface area (TPSA) is 72.5 Å². The minimum atomic E-state index is -1.23. The number of carbonyl (C=O) groups excluding carboxylic acids is 2. The molecule has 0 radical (unpaired) electrons. The van der Waals surface area contributed by atoms with Gasteiger partial charge in [-0.05, 0) is 30.5 Å². The van der Waals surface area contributed by atoms with Crippen LogP contribution in [0.4, 0.5) is 0 Å². The fraction of sp³-hybridized carbons (Fsp3) is 0.300. The standard InChI is InChI=1S/C20H23NO4S/c1-25-20(23)18(14-15-26(24)17-10-6-3-7-11-17)21-19(22)13-12-16-8-4-2-5-9-16/h2-11,18H,12-15H2,1H3,(H,21,22)/t18-,26-/m1/s1. The van der Waals surface area contributed by atoms with Crippen molar-refractivity contribution in [3.8, 4) is 0 Å². The molecule has 0 aliphatic carbocycles. The summed E-state index contributed by atoms with van der Waals surface area (Å²) in [6, 6.07) is 17.9. The molecule has 2 aromatic rings. The smallest absolute Gasteiger partial charge is 0.328 e. The second-order valence-electron chi connectivity index (χ2n) is 5.78. The van der Waals surface area contributed by atoms with E-state index in [0.717, 1.165) is 5.56 Å². The molecule has 2 aromatic carbocycles. The lowest BCUT2D eigenvalue weighted by molar-refractivity contribution is -0.145. The van der Waals surface area contributed by atoms with Crippen LogP contribution in [0.5, 0.6) is 0 Å². The van der Waals surface area contributed by atoms with Gasteiger partial charge >= 0.3 is 5.97 Å². The zero-order chi connectivity index (χ0) is 18.8. The third-order valence-electron chi connectivity index (χ3n) is 3.90. The van der Waals surface area contributed by atoms with Crippen LogP contribution >= 0.6 is 0 Å². The summed E-state index contributed by atoms with van der Waals surface area (Å²) in [5, 5.41) is 2.70. The molecule has 0 bridgehead atoms. The minimum absolute atomic E-state index is 0.227. The van der Waals surface area contributed by atoms with Crippen LogP contribution in [0, 0.1) is 0 Å². The van der Waals surface area contributed by atoms with Crippen molar-refractivity contribution in [1.82, 2.24) is 5.32 Å². The Morgan fingerprint density at radius 3 is 2.27 bits per heavy atom. The van der Waals surface area contributed by atoms with Gasteiger partial charge in [0.25, 0.3) is 0 Å². The number of esters is 1. The normalized spacial score (nSPS) is 12.8. The van der Waals surface area contributed by atoms with E-state index in [1.807, 2.05) is 48.5 Å². The molecular weight excluding hydrogens is 350 g/mol. The highest BCUT2D eigenvalue weighted by molar-refractivity contribution is 7.85. The summed E-state index contributed by atoms with van der Waals surface area (Å²) in [4.78, 5) is 24.8. The molecule has 0 saturated heterocycles. The minimum Gasteiger partial charge on any atom is -0.467 e. The summed E-state index contributed by atoms with van der Waals surface area (Å²) in [6.07, 6.45) is 1.13. The van der Waals surface area contributed by atoms with Crippen LogP contribution in [-0.4, -0.2) is 35.0 Å². The second kappa shape index (κ2) is 10.5. The van der Waals surface area contributed by atoms with E-state index in [1.165, 1.54) is 7.11 Å². The van der Waals surface area contributed by atoms with Crippen LogP contribution in [0.2, 0.25) is 0 Å². The van der Waals surface area contributed by atoms with E-state index in [9.17, 15) is 13.8 Å². The Balaban J connectivity index is 1.87. The van der Waals surface area contributed by atoms with Crippen molar-refractivity contribution >= 4 is 22.7 Å². The number of carbonyl (C=O) groups is 2. The SMILES string of the molecule is COC(=O)[C@@H](CC[S@@](=O)c1ccccc1)NC(=O)CCc1ccccc1. The molecule has 0 spiro atoms. The molecule has 6 heteroatoms. The van der Waals surface area contributed by atoms with E-state index >= 15 is 0 Å². The molecular formula is C20H23NO4S. The number of hydrogen-bond donors (Lipinski definition) is 1. The highest BCUT2D eigenvalue weighted by Gasteiger charge is 2.22. The van der Waals surface area contributed by atoms with Crippen molar-refractivity contribution in [1.29, 1.82) is 0 Å². The van der Waals surface area contributed by atoms with Crippen LogP contribution in [0.15, 0.2) is 65.6 Å². The maximum absolute atomic E-state index is 12.3. The van der Waals surface area contributed by atoms with Crippen LogP contribution in [0.25, 0.3) is 0 Å². The molecule has 0 fully saturated rings. The van der Waals surface area contributed by atoms with E-state index in [-0.39, 0.29) is 24.5 Å². The van der Waals surface area contributed by atoms with E-state index in [0.29, 0.717) is 11.3 Å². The first-order valence-corrected chi connectivity index (χ1v) is 9.76. The largest absolute Gasteiger partial charge is 0.467 e. The summed E-state index contributed by atoms with van der Waals surface area (Å²) < 4.78 is 17.1. The summed E-state index contributed by atoms with van der Waals surface area (Å²) >= 11 is 0. The van der Waals surface area contributed by atoms with Crippen LogP contribution in [-0.2, 0) is 31.5 Å². The number of rotatable bonds is 9. The predicted octanol–water partition coefficient (Wildman–Crippen LogP) is 2.47. The van der Waals surface area contributed by atoms with Gasteiger partial charge in [-0.2, -0.15) is 0 Å². The number of benzene rings is 2. The lowest BCUT2D eigenvalue weighted by atomic mass is 10.1. The zero-order valence-corrected chi connectivity index (χ0v) is 15.5. The van der Waals surface area contributed by atoms with Gasteiger partial charge in [-0.3, -0.25) is 9.00 Å². The van der Waals surface area contributed by atoms with Gasteiger partial charge in [0.15, 0.2) is 0 Å². The quantitative estimate of drug-likeness (QED) is 0.686. The molecule has 0 aromatic heterocycles. The number of ether oxygens (including phenoxy) is 1. The third kappa shape index (κ3) is 6.44. The van der Waals surface area contributed by atoms with Gasteiger partial charge in [0, 0.05) is 17.1 Å². The lowest BCUT2D eigenvalue weighted by Gasteiger charge is -2.16. The van der Waals surface area contributed by atoms with Crippen molar-refractivity contribution in [3.05, 3.63) is 66.2 Å². The Labute approximate surface area is 156 Å². The maximum atomic E-state index is 12.3. The second-order valence-corrected chi connectivity index (χ2v) is 7.35. The molecule has 2 atom stereocenters. The van der Waals surface area contributed by atoms with E-state index in [1.54, 1.807) is 12.1 Å². The molecule has 2 rings (SSSR count). The first-order valence-electron chi connectivity index (χ1n) is 8.44. The Kier molecular flexibility index (Phi) is 8.02. The third-order valence-corrected chi connectivity index (χ3v) is 5.31. The van der Waals surface area contributed by atoms with Crippen molar-refractivity contribution in [2.24, 2.45) is 0 Å². The average Bonchev–Trinajstić information content (AvgIpc) is 2.70. The van der Waals surface area contributed by atoms with Crippen LogP contribution in [0.1, 0.15) is 18.4 Å². The Bertz CT molecular complexity index is 734. The van der Waals surface area contributed by atoms with Gasteiger partial charge in [0.05, 0.1) is 17.9 Å². The number of aryl methyl sites for hydroxylation is 1. The maximum Gasteiger partial charge on any atom is 0.328 e. The first-order chi connectivity index (χ1) is 12.6. The highest BCUT2D eigenvalue weighted by Crippen LogP contribution is 2.09. The zero-order valence-electron chi connectivity index (χ0n) is 14.7. The van der Waals surface area contributed by atoms with Crippen molar-refractivity contribution in [2.45, 2.75) is 30.2 Å². The van der Waals surface area contributed by atoms with Gasteiger partial charge < -0.3 is 10.1 Å². The molecule has 26 heavy (non-hydrogen) atoms. The number of hydrogen-bond acceptors (Lipinski definition) is 4. The Morgan fingerprint density at radius 2 is 1.65 bits per heavy atom. The fourth-order valence-electron chi connectivity index (χ4n) is 2.48. The highest BCUT2D eigenvalue weighted by atomic mass is 32.2. The van der Waals surface area contributed by atoms with Gasteiger partial charge in [0.1, 0.15) is 6.04 Å². The molecule has 0 unspecified atom stereocenters. The number of amides is 1. The van der Waals surface area contributed by atoms with Crippen LogP contribution in [0.3, 0.4) is 0 Å². The molecule has 0 aliphatic rings.